The summed E-state index contributed by atoms with van der Waals surface area (Å²) in [6.45, 7) is 5.72. The zero-order valence-corrected chi connectivity index (χ0v) is 17.1. The van der Waals surface area contributed by atoms with Crippen LogP contribution in [0.1, 0.15) is 41.3 Å². The average molecular weight is 409 g/mol. The van der Waals surface area contributed by atoms with Crippen molar-refractivity contribution in [2.75, 3.05) is 26.2 Å². The van der Waals surface area contributed by atoms with Crippen LogP contribution in [-0.2, 0) is 5.75 Å². The molecule has 0 radical (unpaired) electrons. The Morgan fingerprint density at radius 1 is 1.30 bits per heavy atom. The summed E-state index contributed by atoms with van der Waals surface area (Å²) >= 11 is 1.57. The quantitative estimate of drug-likeness (QED) is 0.782. The molecule has 0 atom stereocenters. The molecular formula is C19H25ClN4O2S. The predicted molar refractivity (Wildman–Crippen MR) is 107 cm³/mol. The van der Waals surface area contributed by atoms with Gasteiger partial charge in [-0.3, -0.25) is 4.79 Å². The van der Waals surface area contributed by atoms with Gasteiger partial charge in [0.1, 0.15) is 0 Å². The summed E-state index contributed by atoms with van der Waals surface area (Å²) in [5.74, 6) is 1.92. The predicted octanol–water partition coefficient (Wildman–Crippen LogP) is 3.31. The van der Waals surface area contributed by atoms with Crippen LogP contribution in [0, 0.1) is 12.3 Å². The van der Waals surface area contributed by atoms with E-state index in [9.17, 15) is 4.79 Å². The minimum Gasteiger partial charge on any atom is -0.339 e. The number of carbonyl (C=O) groups is 1. The summed E-state index contributed by atoms with van der Waals surface area (Å²) in [6, 6.07) is 7.81. The first-order valence-corrected chi connectivity index (χ1v) is 10.1. The number of hydrogen-bond acceptors (Lipinski definition) is 6. The SMILES string of the molecule is Cc1noc(CSc2ccccc2C(=O)N2CCC3(CCNC3)CC2)n1.Cl. The van der Waals surface area contributed by atoms with Crippen LogP contribution in [0.5, 0.6) is 0 Å². The summed E-state index contributed by atoms with van der Waals surface area (Å²) in [6.07, 6.45) is 3.44. The van der Waals surface area contributed by atoms with Gasteiger partial charge in [-0.2, -0.15) is 4.98 Å². The number of carbonyl (C=O) groups excluding carboxylic acids is 1. The van der Waals surface area contributed by atoms with Crippen molar-refractivity contribution in [2.45, 2.75) is 36.8 Å². The third kappa shape index (κ3) is 4.47. The van der Waals surface area contributed by atoms with E-state index in [1.54, 1.807) is 18.7 Å². The molecule has 8 heteroatoms. The molecule has 2 aliphatic heterocycles. The van der Waals surface area contributed by atoms with E-state index in [0.29, 0.717) is 22.9 Å². The molecule has 0 saturated carbocycles. The molecule has 3 heterocycles. The van der Waals surface area contributed by atoms with Crippen molar-refractivity contribution in [3.63, 3.8) is 0 Å². The Morgan fingerprint density at radius 2 is 2.07 bits per heavy atom. The number of benzene rings is 1. The number of piperidine rings is 1. The van der Waals surface area contributed by atoms with Crippen molar-refractivity contribution in [1.82, 2.24) is 20.4 Å². The number of aromatic nitrogens is 2. The zero-order valence-electron chi connectivity index (χ0n) is 15.4. The van der Waals surface area contributed by atoms with E-state index in [2.05, 4.69) is 15.5 Å². The van der Waals surface area contributed by atoms with Crippen LogP contribution in [0.25, 0.3) is 0 Å². The summed E-state index contributed by atoms with van der Waals surface area (Å²) in [5.41, 5.74) is 1.19. The van der Waals surface area contributed by atoms with E-state index in [1.165, 1.54) is 6.42 Å². The highest BCUT2D eigenvalue weighted by Gasteiger charge is 2.38. The van der Waals surface area contributed by atoms with Gasteiger partial charge in [-0.1, -0.05) is 17.3 Å². The van der Waals surface area contributed by atoms with Gasteiger partial charge >= 0.3 is 0 Å². The molecule has 1 spiro atoms. The van der Waals surface area contributed by atoms with Crippen LogP contribution >= 0.6 is 24.2 Å². The maximum Gasteiger partial charge on any atom is 0.254 e. The highest BCUT2D eigenvalue weighted by atomic mass is 35.5. The van der Waals surface area contributed by atoms with Gasteiger partial charge in [-0.05, 0) is 50.3 Å². The smallest absolute Gasteiger partial charge is 0.254 e. The second-order valence-corrected chi connectivity index (χ2v) is 8.26. The number of halogens is 1. The second kappa shape index (κ2) is 8.63. The van der Waals surface area contributed by atoms with Crippen molar-refractivity contribution in [2.24, 2.45) is 5.41 Å². The fourth-order valence-corrected chi connectivity index (χ4v) is 4.77. The Labute approximate surface area is 169 Å². The fourth-order valence-electron chi connectivity index (χ4n) is 3.88. The number of hydrogen-bond donors (Lipinski definition) is 1. The van der Waals surface area contributed by atoms with Crippen LogP contribution in [0.15, 0.2) is 33.7 Å². The maximum atomic E-state index is 13.1. The summed E-state index contributed by atoms with van der Waals surface area (Å²) in [5, 5.41) is 7.29. The van der Waals surface area contributed by atoms with Crippen molar-refractivity contribution in [3.05, 3.63) is 41.5 Å². The first-order valence-electron chi connectivity index (χ1n) is 9.16. The largest absolute Gasteiger partial charge is 0.339 e. The molecule has 2 saturated heterocycles. The molecule has 0 bridgehead atoms. The van der Waals surface area contributed by atoms with Crippen molar-refractivity contribution < 1.29 is 9.32 Å². The summed E-state index contributed by atoms with van der Waals surface area (Å²) in [4.78, 5) is 20.3. The molecule has 1 aromatic carbocycles. The van der Waals surface area contributed by atoms with Gasteiger partial charge in [0.25, 0.3) is 5.91 Å². The lowest BCUT2D eigenvalue weighted by molar-refractivity contribution is 0.0604. The molecule has 1 aromatic heterocycles. The van der Waals surface area contributed by atoms with Gasteiger partial charge in [-0.15, -0.1) is 24.2 Å². The van der Waals surface area contributed by atoms with E-state index in [-0.39, 0.29) is 18.3 Å². The molecule has 1 amide bonds. The number of amides is 1. The average Bonchev–Trinajstić information content (AvgIpc) is 3.29. The van der Waals surface area contributed by atoms with E-state index in [4.69, 9.17) is 4.52 Å². The first kappa shape index (κ1) is 20.2. The van der Waals surface area contributed by atoms with Gasteiger partial charge in [-0.25, -0.2) is 0 Å². The molecule has 2 aromatic rings. The molecule has 1 N–H and O–H groups in total. The van der Waals surface area contributed by atoms with Gasteiger partial charge in [0.05, 0.1) is 11.3 Å². The molecule has 146 valence electrons. The molecule has 27 heavy (non-hydrogen) atoms. The van der Waals surface area contributed by atoms with Gasteiger partial charge in [0.2, 0.25) is 5.89 Å². The highest BCUT2D eigenvalue weighted by molar-refractivity contribution is 7.98. The minimum atomic E-state index is 0. The first-order chi connectivity index (χ1) is 12.7. The van der Waals surface area contributed by atoms with E-state index in [0.717, 1.165) is 49.5 Å². The molecule has 4 rings (SSSR count). The molecule has 0 unspecified atom stereocenters. The number of nitrogens with one attached hydrogen (secondary N) is 1. The number of thioether (sulfide) groups is 1. The summed E-state index contributed by atoms with van der Waals surface area (Å²) in [7, 11) is 0. The topological polar surface area (TPSA) is 71.3 Å². The highest BCUT2D eigenvalue weighted by Crippen LogP contribution is 2.37. The molecule has 0 aliphatic carbocycles. The van der Waals surface area contributed by atoms with Gasteiger partial charge < -0.3 is 14.7 Å². The Hall–Kier alpha value is -1.57. The lowest BCUT2D eigenvalue weighted by Gasteiger charge is -2.39. The van der Waals surface area contributed by atoms with Crippen LogP contribution in [0.3, 0.4) is 0 Å². The van der Waals surface area contributed by atoms with Crippen LogP contribution in [0.4, 0.5) is 0 Å². The standard InChI is InChI=1S/C19H24N4O2S.ClH/c1-14-21-17(25-22-14)12-26-16-5-3-2-4-15(16)18(24)23-10-7-19(8-11-23)6-9-20-13-19;/h2-5,20H,6-13H2,1H3;1H. The number of aryl methyl sites for hydroxylation is 1. The van der Waals surface area contributed by atoms with Gasteiger partial charge in [0, 0.05) is 24.5 Å². The monoisotopic (exact) mass is 408 g/mol. The van der Waals surface area contributed by atoms with Crippen LogP contribution < -0.4 is 5.32 Å². The molecular weight excluding hydrogens is 384 g/mol. The summed E-state index contributed by atoms with van der Waals surface area (Å²) < 4.78 is 5.17. The third-order valence-corrected chi connectivity index (χ3v) is 6.54. The lowest BCUT2D eigenvalue weighted by atomic mass is 9.78. The number of rotatable bonds is 4. The van der Waals surface area contributed by atoms with Crippen LogP contribution in [0.2, 0.25) is 0 Å². The van der Waals surface area contributed by atoms with Crippen molar-refractivity contribution in [3.8, 4) is 0 Å². The van der Waals surface area contributed by atoms with E-state index in [1.807, 2.05) is 29.2 Å². The maximum absolute atomic E-state index is 13.1. The van der Waals surface area contributed by atoms with Gasteiger partial charge in [0.15, 0.2) is 5.82 Å². The molecule has 2 fully saturated rings. The van der Waals surface area contributed by atoms with E-state index < -0.39 is 0 Å². The normalized spacial score (nSPS) is 18.5. The molecule has 6 nitrogen and oxygen atoms in total. The fraction of sp³-hybridized carbons (Fsp3) is 0.526. The number of nitrogens with zero attached hydrogens (tertiary/aromatic N) is 3. The Kier molecular flexibility index (Phi) is 6.44. The van der Waals surface area contributed by atoms with E-state index >= 15 is 0 Å². The number of likely N-dealkylation sites (tertiary alicyclic amines) is 1. The lowest BCUT2D eigenvalue weighted by Crippen LogP contribution is -2.44. The minimum absolute atomic E-state index is 0. The Morgan fingerprint density at radius 3 is 2.74 bits per heavy atom. The Bertz CT molecular complexity index is 782. The second-order valence-electron chi connectivity index (χ2n) is 7.24. The zero-order chi connectivity index (χ0) is 18.0. The van der Waals surface area contributed by atoms with Crippen LogP contribution in [-0.4, -0.2) is 47.1 Å². The molecule has 2 aliphatic rings. The van der Waals surface area contributed by atoms with Crippen molar-refractivity contribution in [1.29, 1.82) is 0 Å². The Balaban J connectivity index is 0.00000210. The van der Waals surface area contributed by atoms with Crippen molar-refractivity contribution >= 4 is 30.1 Å². The third-order valence-electron chi connectivity index (χ3n) is 5.48.